The van der Waals surface area contributed by atoms with Crippen LogP contribution < -0.4 is 9.64 Å². The number of piperazine rings is 1. The molecule has 1 aromatic carbocycles. The molecule has 0 spiro atoms. The molecular weight excluding hydrogens is 419 g/mol. The number of rotatable bonds is 8. The summed E-state index contributed by atoms with van der Waals surface area (Å²) >= 11 is 0. The summed E-state index contributed by atoms with van der Waals surface area (Å²) in [5.74, 6) is 0.119. The summed E-state index contributed by atoms with van der Waals surface area (Å²) in [6, 6.07) is 4.73. The van der Waals surface area contributed by atoms with Crippen molar-refractivity contribution in [1.82, 2.24) is 25.2 Å². The van der Waals surface area contributed by atoms with E-state index in [0.717, 1.165) is 0 Å². The summed E-state index contributed by atoms with van der Waals surface area (Å²) in [6.07, 6.45) is 1.25. The van der Waals surface area contributed by atoms with E-state index in [4.69, 9.17) is 14.3 Å². The Bertz CT molecular complexity index is 1110. The number of carbonyl (C=O) groups excluding carboxylic acids is 1. The fraction of sp³-hybridized carbons (Fsp3) is 0.429. The molecule has 170 valence electrons. The number of methoxy groups -OCH3 is 1. The lowest BCUT2D eigenvalue weighted by molar-refractivity contribution is -0.191. The van der Waals surface area contributed by atoms with Gasteiger partial charge in [0.2, 0.25) is 0 Å². The SMILES string of the molecule is COCCON1CCN(c2cc(-c3n[nH]c4cc(F)c(OC(C)C)cc34)ncn2)CC1=O. The van der Waals surface area contributed by atoms with Gasteiger partial charge in [-0.1, -0.05) is 0 Å². The molecular formula is C21H25FN6O4. The van der Waals surface area contributed by atoms with Crippen LogP contribution in [0.1, 0.15) is 13.8 Å². The van der Waals surface area contributed by atoms with Crippen molar-refractivity contribution < 1.29 is 23.5 Å². The van der Waals surface area contributed by atoms with Crippen LogP contribution in [0.5, 0.6) is 5.75 Å². The highest BCUT2D eigenvalue weighted by Gasteiger charge is 2.26. The molecule has 3 heterocycles. The number of aromatic amines is 1. The van der Waals surface area contributed by atoms with Crippen molar-refractivity contribution in [2.45, 2.75) is 20.0 Å². The number of nitrogens with zero attached hydrogens (tertiary/aromatic N) is 5. The second kappa shape index (κ2) is 9.45. The molecule has 10 nitrogen and oxygen atoms in total. The lowest BCUT2D eigenvalue weighted by Crippen LogP contribution is -2.50. The zero-order valence-corrected chi connectivity index (χ0v) is 18.2. The van der Waals surface area contributed by atoms with Crippen molar-refractivity contribution in [2.24, 2.45) is 0 Å². The number of aromatic nitrogens is 4. The predicted molar refractivity (Wildman–Crippen MR) is 115 cm³/mol. The molecule has 2 aromatic heterocycles. The topological polar surface area (TPSA) is 106 Å². The minimum Gasteiger partial charge on any atom is -0.488 e. The van der Waals surface area contributed by atoms with Crippen LogP contribution in [0.4, 0.5) is 10.2 Å². The van der Waals surface area contributed by atoms with E-state index in [-0.39, 0.29) is 24.3 Å². The summed E-state index contributed by atoms with van der Waals surface area (Å²) in [5.41, 5.74) is 1.63. The summed E-state index contributed by atoms with van der Waals surface area (Å²) in [6.45, 7) is 5.48. The molecule has 4 rings (SSSR count). The Hall–Kier alpha value is -3.31. The van der Waals surface area contributed by atoms with Gasteiger partial charge >= 0.3 is 0 Å². The van der Waals surface area contributed by atoms with Gasteiger partial charge in [-0.25, -0.2) is 19.4 Å². The molecule has 32 heavy (non-hydrogen) atoms. The fourth-order valence-corrected chi connectivity index (χ4v) is 3.43. The molecule has 1 saturated heterocycles. The average molecular weight is 444 g/mol. The highest BCUT2D eigenvalue weighted by Crippen LogP contribution is 2.31. The number of amides is 1. The van der Waals surface area contributed by atoms with Crippen LogP contribution in [0, 0.1) is 5.82 Å². The number of hydroxylamine groups is 2. The van der Waals surface area contributed by atoms with Gasteiger partial charge in [-0.05, 0) is 19.9 Å². The largest absolute Gasteiger partial charge is 0.488 e. The van der Waals surface area contributed by atoms with Crippen LogP contribution in [0.15, 0.2) is 24.5 Å². The molecule has 1 aliphatic heterocycles. The van der Waals surface area contributed by atoms with Gasteiger partial charge in [0, 0.05) is 31.2 Å². The van der Waals surface area contributed by atoms with E-state index < -0.39 is 5.82 Å². The molecule has 1 amide bonds. The molecule has 1 N–H and O–H groups in total. The van der Waals surface area contributed by atoms with E-state index in [1.165, 1.54) is 17.5 Å². The lowest BCUT2D eigenvalue weighted by atomic mass is 10.1. The van der Waals surface area contributed by atoms with Crippen LogP contribution in [0.2, 0.25) is 0 Å². The standard InChI is InChI=1S/C21H25FN6O4/c1-13(2)32-18-8-14-16(9-15(18)22)25-26-21(14)17-10-19(24-12-23-17)27-4-5-28(20(29)11-27)31-7-6-30-3/h8-10,12-13H,4-7,11H2,1-3H3,(H,25,26). The zero-order valence-electron chi connectivity index (χ0n) is 18.2. The number of benzene rings is 1. The first kappa shape index (κ1) is 21.9. The first-order valence-corrected chi connectivity index (χ1v) is 10.3. The minimum atomic E-state index is -0.464. The number of fused-ring (bicyclic) bond motifs is 1. The molecule has 0 unspecified atom stereocenters. The van der Waals surface area contributed by atoms with Crippen LogP contribution in [0.25, 0.3) is 22.3 Å². The third kappa shape index (κ3) is 4.63. The average Bonchev–Trinajstić information content (AvgIpc) is 3.17. The quantitative estimate of drug-likeness (QED) is 0.527. The van der Waals surface area contributed by atoms with E-state index in [1.807, 2.05) is 18.7 Å². The number of carbonyl (C=O) groups is 1. The Morgan fingerprint density at radius 2 is 2.03 bits per heavy atom. The predicted octanol–water partition coefficient (Wildman–Crippen LogP) is 2.17. The van der Waals surface area contributed by atoms with Gasteiger partial charge in [0.05, 0.1) is 37.1 Å². The molecule has 0 saturated carbocycles. The van der Waals surface area contributed by atoms with Crippen molar-refractivity contribution in [3.8, 4) is 17.1 Å². The maximum absolute atomic E-state index is 14.3. The van der Waals surface area contributed by atoms with Crippen LogP contribution >= 0.6 is 0 Å². The number of hydrogen-bond donors (Lipinski definition) is 1. The Kier molecular flexibility index (Phi) is 6.47. The third-order valence-corrected chi connectivity index (χ3v) is 4.91. The summed E-state index contributed by atoms with van der Waals surface area (Å²) in [7, 11) is 1.58. The normalized spacial score (nSPS) is 14.6. The van der Waals surface area contributed by atoms with Crippen LogP contribution in [-0.4, -0.2) is 77.2 Å². The van der Waals surface area contributed by atoms with E-state index in [9.17, 15) is 9.18 Å². The third-order valence-electron chi connectivity index (χ3n) is 4.91. The Morgan fingerprint density at radius 1 is 1.19 bits per heavy atom. The van der Waals surface area contributed by atoms with Gasteiger partial charge in [0.15, 0.2) is 11.6 Å². The minimum absolute atomic E-state index is 0.127. The van der Waals surface area contributed by atoms with Crippen molar-refractivity contribution in [2.75, 3.05) is 44.9 Å². The van der Waals surface area contributed by atoms with Crippen LogP contribution in [0.3, 0.4) is 0 Å². The first-order chi connectivity index (χ1) is 15.5. The van der Waals surface area contributed by atoms with E-state index in [2.05, 4.69) is 20.2 Å². The summed E-state index contributed by atoms with van der Waals surface area (Å²) in [5, 5.41) is 9.19. The molecule has 1 aliphatic rings. The Labute approximate surface area is 184 Å². The molecule has 3 aromatic rings. The zero-order chi connectivity index (χ0) is 22.7. The fourth-order valence-electron chi connectivity index (χ4n) is 3.43. The summed E-state index contributed by atoms with van der Waals surface area (Å²) < 4.78 is 24.8. The molecule has 1 fully saturated rings. The Morgan fingerprint density at radius 3 is 2.78 bits per heavy atom. The smallest absolute Gasteiger partial charge is 0.265 e. The lowest BCUT2D eigenvalue weighted by Gasteiger charge is -2.33. The van der Waals surface area contributed by atoms with Crippen molar-refractivity contribution in [3.05, 3.63) is 30.3 Å². The van der Waals surface area contributed by atoms with Gasteiger partial charge in [-0.3, -0.25) is 14.7 Å². The maximum Gasteiger partial charge on any atom is 0.265 e. The monoisotopic (exact) mass is 444 g/mol. The van der Waals surface area contributed by atoms with Gasteiger partial charge in [0.1, 0.15) is 24.4 Å². The number of ether oxygens (including phenoxy) is 2. The molecule has 0 aliphatic carbocycles. The maximum atomic E-state index is 14.3. The number of halogens is 1. The van der Waals surface area contributed by atoms with Crippen LogP contribution in [-0.2, 0) is 14.4 Å². The second-order valence-electron chi connectivity index (χ2n) is 7.57. The highest BCUT2D eigenvalue weighted by atomic mass is 19.1. The van der Waals surface area contributed by atoms with Gasteiger partial charge in [-0.15, -0.1) is 0 Å². The van der Waals surface area contributed by atoms with Crippen molar-refractivity contribution in [3.63, 3.8) is 0 Å². The summed E-state index contributed by atoms with van der Waals surface area (Å²) in [4.78, 5) is 28.4. The van der Waals surface area contributed by atoms with Crippen molar-refractivity contribution in [1.29, 1.82) is 0 Å². The van der Waals surface area contributed by atoms with E-state index in [1.54, 1.807) is 19.2 Å². The number of H-pyrrole nitrogens is 1. The molecule has 0 bridgehead atoms. The molecule has 0 radical (unpaired) electrons. The van der Waals surface area contributed by atoms with E-state index >= 15 is 0 Å². The molecule has 0 atom stereocenters. The van der Waals surface area contributed by atoms with E-state index in [0.29, 0.717) is 54.4 Å². The highest BCUT2D eigenvalue weighted by molar-refractivity contribution is 5.93. The second-order valence-corrected chi connectivity index (χ2v) is 7.57. The number of nitrogens with one attached hydrogen (secondary N) is 1. The first-order valence-electron chi connectivity index (χ1n) is 10.3. The molecule has 11 heteroatoms. The van der Waals surface area contributed by atoms with Gasteiger partial charge < -0.3 is 14.4 Å². The van der Waals surface area contributed by atoms with Gasteiger partial charge in [-0.2, -0.15) is 5.10 Å². The Balaban J connectivity index is 1.56. The van der Waals surface area contributed by atoms with Crippen molar-refractivity contribution >= 4 is 22.6 Å². The number of anilines is 1. The van der Waals surface area contributed by atoms with Gasteiger partial charge in [0.25, 0.3) is 5.91 Å². The number of hydrogen-bond acceptors (Lipinski definition) is 8.